The van der Waals surface area contributed by atoms with Crippen molar-refractivity contribution in [2.24, 2.45) is 0 Å². The number of carbonyl (C=O) groups is 2. The Morgan fingerprint density at radius 3 is 2.04 bits per heavy atom. The number of carbonyl (C=O) groups excluding carboxylic acids is 2. The number of rotatable bonds is 4. The lowest BCUT2D eigenvalue weighted by Gasteiger charge is -2.06. The molecule has 0 atom stereocenters. The third-order valence-electron chi connectivity index (χ3n) is 2.95. The average molecular weight is 308 g/mol. The molecule has 114 valence electrons. The molecule has 0 radical (unpaired) electrons. The largest absolute Gasteiger partial charge is 0.320 e. The van der Waals surface area contributed by atoms with Gasteiger partial charge in [-0.05, 0) is 24.3 Å². The van der Waals surface area contributed by atoms with E-state index in [9.17, 15) is 9.59 Å². The fourth-order valence-electron chi connectivity index (χ4n) is 1.90. The first-order chi connectivity index (χ1) is 11.2. The van der Waals surface area contributed by atoms with E-state index in [1.807, 2.05) is 0 Å². The molecular weight excluding hydrogens is 296 g/mol. The van der Waals surface area contributed by atoms with Crippen LogP contribution in [-0.4, -0.2) is 32.0 Å². The van der Waals surface area contributed by atoms with E-state index in [0.717, 1.165) is 0 Å². The number of aromatic amines is 1. The topological polar surface area (TPSA) is 113 Å². The SMILES string of the molecule is O=C(Nc1cccnc1)c1cn[nH]c1C(=O)Nc1cccnc1. The molecule has 3 aromatic rings. The number of nitrogens with one attached hydrogen (secondary N) is 3. The average Bonchev–Trinajstić information content (AvgIpc) is 3.06. The molecule has 3 aromatic heterocycles. The Bertz CT molecular complexity index is 748. The van der Waals surface area contributed by atoms with E-state index < -0.39 is 11.8 Å². The van der Waals surface area contributed by atoms with Gasteiger partial charge in [0.05, 0.1) is 35.5 Å². The summed E-state index contributed by atoms with van der Waals surface area (Å²) in [6.07, 6.45) is 7.50. The van der Waals surface area contributed by atoms with Crippen LogP contribution in [0, 0.1) is 0 Å². The first-order valence-corrected chi connectivity index (χ1v) is 6.70. The first-order valence-electron chi connectivity index (χ1n) is 6.70. The van der Waals surface area contributed by atoms with Crippen molar-refractivity contribution in [1.29, 1.82) is 0 Å². The molecule has 8 nitrogen and oxygen atoms in total. The van der Waals surface area contributed by atoms with E-state index in [-0.39, 0.29) is 11.3 Å². The molecular formula is C15H12N6O2. The van der Waals surface area contributed by atoms with Crippen LogP contribution >= 0.6 is 0 Å². The van der Waals surface area contributed by atoms with E-state index >= 15 is 0 Å². The van der Waals surface area contributed by atoms with Gasteiger partial charge in [0, 0.05) is 12.4 Å². The first kappa shape index (κ1) is 14.4. The summed E-state index contributed by atoms with van der Waals surface area (Å²) in [5, 5.41) is 11.6. The third kappa shape index (κ3) is 3.38. The van der Waals surface area contributed by atoms with Crippen LogP contribution in [0.2, 0.25) is 0 Å². The van der Waals surface area contributed by atoms with Crippen LogP contribution in [0.25, 0.3) is 0 Å². The summed E-state index contributed by atoms with van der Waals surface area (Å²) in [4.78, 5) is 32.3. The van der Waals surface area contributed by atoms with Crippen LogP contribution in [-0.2, 0) is 0 Å². The van der Waals surface area contributed by atoms with Crippen LogP contribution < -0.4 is 10.6 Å². The standard InChI is InChI=1S/C15H12N6O2/c22-14(19-10-3-1-5-16-7-10)12-9-18-21-13(12)15(23)20-11-4-2-6-17-8-11/h1-9H,(H,18,21)(H,19,22)(H,20,23). The highest BCUT2D eigenvalue weighted by molar-refractivity contribution is 6.14. The van der Waals surface area contributed by atoms with Gasteiger partial charge in [-0.1, -0.05) is 0 Å². The minimum Gasteiger partial charge on any atom is -0.320 e. The van der Waals surface area contributed by atoms with Crippen molar-refractivity contribution in [2.75, 3.05) is 10.6 Å². The van der Waals surface area contributed by atoms with E-state index in [0.29, 0.717) is 11.4 Å². The highest BCUT2D eigenvalue weighted by Crippen LogP contribution is 2.12. The van der Waals surface area contributed by atoms with Gasteiger partial charge >= 0.3 is 0 Å². The van der Waals surface area contributed by atoms with Crippen LogP contribution in [0.3, 0.4) is 0 Å². The van der Waals surface area contributed by atoms with Crippen molar-refractivity contribution in [3.63, 3.8) is 0 Å². The Balaban J connectivity index is 1.76. The Kier molecular flexibility index (Phi) is 4.05. The molecule has 8 heteroatoms. The summed E-state index contributed by atoms with van der Waals surface area (Å²) in [6, 6.07) is 6.77. The third-order valence-corrected chi connectivity index (χ3v) is 2.95. The quantitative estimate of drug-likeness (QED) is 0.679. The predicted molar refractivity (Wildman–Crippen MR) is 83.0 cm³/mol. The monoisotopic (exact) mass is 308 g/mol. The van der Waals surface area contributed by atoms with E-state index in [1.54, 1.807) is 36.7 Å². The summed E-state index contributed by atoms with van der Waals surface area (Å²) < 4.78 is 0. The minimum atomic E-state index is -0.480. The summed E-state index contributed by atoms with van der Waals surface area (Å²) in [7, 11) is 0. The molecule has 0 fully saturated rings. The van der Waals surface area contributed by atoms with Crippen molar-refractivity contribution in [3.8, 4) is 0 Å². The zero-order valence-electron chi connectivity index (χ0n) is 11.9. The molecule has 0 unspecified atom stereocenters. The number of H-pyrrole nitrogens is 1. The second kappa shape index (κ2) is 6.48. The van der Waals surface area contributed by atoms with Crippen LogP contribution in [0.1, 0.15) is 20.8 Å². The van der Waals surface area contributed by atoms with Crippen LogP contribution in [0.4, 0.5) is 11.4 Å². The smallest absolute Gasteiger partial charge is 0.274 e. The lowest BCUT2D eigenvalue weighted by Crippen LogP contribution is -2.19. The van der Waals surface area contributed by atoms with Gasteiger partial charge in [0.15, 0.2) is 0 Å². The maximum absolute atomic E-state index is 12.3. The van der Waals surface area contributed by atoms with Crippen molar-refractivity contribution in [2.45, 2.75) is 0 Å². The Hall–Kier alpha value is -3.55. The van der Waals surface area contributed by atoms with Crippen LogP contribution in [0.15, 0.2) is 55.2 Å². The van der Waals surface area contributed by atoms with Crippen molar-refractivity contribution >= 4 is 23.2 Å². The highest BCUT2D eigenvalue weighted by atomic mass is 16.2. The molecule has 0 aliphatic rings. The van der Waals surface area contributed by atoms with Gasteiger partial charge < -0.3 is 10.6 Å². The van der Waals surface area contributed by atoms with Gasteiger partial charge in [-0.2, -0.15) is 5.10 Å². The number of amides is 2. The zero-order chi connectivity index (χ0) is 16.1. The van der Waals surface area contributed by atoms with Crippen LogP contribution in [0.5, 0.6) is 0 Å². The lowest BCUT2D eigenvalue weighted by atomic mass is 10.2. The molecule has 0 aliphatic carbocycles. The Morgan fingerprint density at radius 2 is 1.48 bits per heavy atom. The fourth-order valence-corrected chi connectivity index (χ4v) is 1.90. The van der Waals surface area contributed by atoms with E-state index in [4.69, 9.17) is 0 Å². The molecule has 23 heavy (non-hydrogen) atoms. The molecule has 0 aliphatic heterocycles. The summed E-state index contributed by atoms with van der Waals surface area (Å²) in [5.41, 5.74) is 1.24. The maximum atomic E-state index is 12.3. The van der Waals surface area contributed by atoms with Gasteiger partial charge in [0.1, 0.15) is 5.69 Å². The van der Waals surface area contributed by atoms with Gasteiger partial charge in [0.25, 0.3) is 11.8 Å². The number of hydrogen-bond donors (Lipinski definition) is 3. The molecule has 0 spiro atoms. The molecule has 3 heterocycles. The summed E-state index contributed by atoms with van der Waals surface area (Å²) in [6.45, 7) is 0. The molecule has 0 saturated heterocycles. The van der Waals surface area contributed by atoms with Crippen molar-refractivity contribution < 1.29 is 9.59 Å². The second-order valence-electron chi connectivity index (χ2n) is 4.55. The molecule has 3 N–H and O–H groups in total. The number of anilines is 2. The number of nitrogens with zero attached hydrogens (tertiary/aromatic N) is 3. The summed E-state index contributed by atoms with van der Waals surface area (Å²) >= 11 is 0. The van der Waals surface area contributed by atoms with Gasteiger partial charge in [0.2, 0.25) is 0 Å². The second-order valence-corrected chi connectivity index (χ2v) is 4.55. The highest BCUT2D eigenvalue weighted by Gasteiger charge is 2.20. The molecule has 2 amide bonds. The number of aromatic nitrogens is 4. The molecule has 0 saturated carbocycles. The Morgan fingerprint density at radius 1 is 0.870 bits per heavy atom. The van der Waals surface area contributed by atoms with Gasteiger partial charge in [-0.3, -0.25) is 24.7 Å². The van der Waals surface area contributed by atoms with E-state index in [2.05, 4.69) is 30.8 Å². The van der Waals surface area contributed by atoms with Gasteiger partial charge in [-0.25, -0.2) is 0 Å². The predicted octanol–water partition coefficient (Wildman–Crippen LogP) is 1.70. The maximum Gasteiger partial charge on any atom is 0.274 e. The summed E-state index contributed by atoms with van der Waals surface area (Å²) in [5.74, 6) is -0.935. The number of pyridine rings is 2. The lowest BCUT2D eigenvalue weighted by molar-refractivity contribution is 0.0988. The minimum absolute atomic E-state index is 0.0650. The molecule has 0 aromatic carbocycles. The Labute approximate surface area is 131 Å². The zero-order valence-corrected chi connectivity index (χ0v) is 11.9. The van der Waals surface area contributed by atoms with E-state index in [1.165, 1.54) is 18.6 Å². The molecule has 0 bridgehead atoms. The molecule has 3 rings (SSSR count). The number of hydrogen-bond acceptors (Lipinski definition) is 5. The fraction of sp³-hybridized carbons (Fsp3) is 0. The normalized spacial score (nSPS) is 10.1. The van der Waals surface area contributed by atoms with Crippen molar-refractivity contribution in [1.82, 2.24) is 20.2 Å². The van der Waals surface area contributed by atoms with Gasteiger partial charge in [-0.15, -0.1) is 0 Å². The van der Waals surface area contributed by atoms with Crippen molar-refractivity contribution in [3.05, 3.63) is 66.5 Å².